The summed E-state index contributed by atoms with van der Waals surface area (Å²) in [5.74, 6) is -0.513. The topological polar surface area (TPSA) is 88.9 Å². The molecule has 0 unspecified atom stereocenters. The van der Waals surface area contributed by atoms with Gasteiger partial charge in [-0.1, -0.05) is 17.7 Å². The Bertz CT molecular complexity index is 1350. The minimum atomic E-state index is -0.597. The monoisotopic (exact) mass is 468 g/mol. The number of morpholine rings is 1. The van der Waals surface area contributed by atoms with Crippen LogP contribution >= 0.6 is 11.6 Å². The van der Waals surface area contributed by atoms with Crippen LogP contribution in [0.2, 0.25) is 5.02 Å². The number of carbonyl (C=O) groups is 1. The number of aryl methyl sites for hydroxylation is 2. The first-order chi connectivity index (χ1) is 15.8. The third-order valence-electron chi connectivity index (χ3n) is 5.97. The van der Waals surface area contributed by atoms with E-state index in [0.717, 1.165) is 16.6 Å². The summed E-state index contributed by atoms with van der Waals surface area (Å²) in [6, 6.07) is 6.38. The molecule has 3 heterocycles. The predicted molar refractivity (Wildman–Crippen MR) is 121 cm³/mol. The van der Waals surface area contributed by atoms with Gasteiger partial charge in [0, 0.05) is 11.6 Å². The highest BCUT2D eigenvalue weighted by molar-refractivity contribution is 6.32. The molecule has 1 aliphatic heterocycles. The van der Waals surface area contributed by atoms with Gasteiger partial charge in [-0.25, -0.2) is 9.37 Å². The number of hydrogen-bond donors (Lipinski definition) is 1. The summed E-state index contributed by atoms with van der Waals surface area (Å²) >= 11 is 6.26. The number of fused-ring (bicyclic) bond motifs is 1. The smallest absolute Gasteiger partial charge is 0.259 e. The Labute approximate surface area is 194 Å². The Kier molecular flexibility index (Phi) is 5.38. The Hall–Kier alpha value is -3.30. The van der Waals surface area contributed by atoms with Gasteiger partial charge in [-0.3, -0.25) is 4.79 Å². The number of benzene rings is 2. The van der Waals surface area contributed by atoms with E-state index in [-0.39, 0.29) is 30.5 Å². The largest absolute Gasteiger partial charge is 0.374 e. The number of hydrogen-bond acceptors (Lipinski definition) is 5. The lowest BCUT2D eigenvalue weighted by atomic mass is 10.0. The molecule has 1 fully saturated rings. The summed E-state index contributed by atoms with van der Waals surface area (Å²) in [7, 11) is 0. The van der Waals surface area contributed by atoms with Crippen LogP contribution in [0, 0.1) is 19.7 Å². The number of rotatable bonds is 3. The number of nitrogens with one attached hydrogen (secondary N) is 1. The second-order valence-electron chi connectivity index (χ2n) is 8.22. The number of carbonyl (C=O) groups excluding carboxylic acids is 1. The van der Waals surface area contributed by atoms with E-state index in [1.807, 2.05) is 19.9 Å². The number of halogens is 2. The van der Waals surface area contributed by atoms with Crippen molar-refractivity contribution < 1.29 is 13.9 Å². The molecule has 0 aliphatic carbocycles. The number of imidazole rings is 1. The summed E-state index contributed by atoms with van der Waals surface area (Å²) in [5, 5.41) is 8.80. The molecular formula is C23H22ClFN6O2. The van der Waals surface area contributed by atoms with Crippen LogP contribution in [0.5, 0.6) is 0 Å². The van der Waals surface area contributed by atoms with Crippen LogP contribution in [0.1, 0.15) is 40.3 Å². The van der Waals surface area contributed by atoms with Crippen LogP contribution in [0.3, 0.4) is 0 Å². The third-order valence-corrected chi connectivity index (χ3v) is 6.38. The van der Waals surface area contributed by atoms with Crippen molar-refractivity contribution in [3.63, 3.8) is 0 Å². The zero-order valence-corrected chi connectivity index (χ0v) is 19.1. The highest BCUT2D eigenvalue weighted by atomic mass is 35.5. The molecule has 2 aromatic heterocycles. The van der Waals surface area contributed by atoms with Crippen LogP contribution in [0.4, 0.5) is 4.39 Å². The quantitative estimate of drug-likeness (QED) is 0.488. The lowest BCUT2D eigenvalue weighted by Gasteiger charge is -2.38. The van der Waals surface area contributed by atoms with Gasteiger partial charge in [-0.15, -0.1) is 0 Å². The number of aromatic amines is 1. The fraction of sp³-hybridized carbons (Fsp3) is 0.304. The molecular weight excluding hydrogens is 447 g/mol. The Morgan fingerprint density at radius 3 is 2.73 bits per heavy atom. The molecule has 8 nitrogen and oxygen atoms in total. The van der Waals surface area contributed by atoms with Crippen molar-refractivity contribution in [1.29, 1.82) is 0 Å². The van der Waals surface area contributed by atoms with Gasteiger partial charge < -0.3 is 14.6 Å². The first kappa shape index (κ1) is 21.5. The summed E-state index contributed by atoms with van der Waals surface area (Å²) in [5.41, 5.74) is 2.93. The van der Waals surface area contributed by atoms with Crippen molar-refractivity contribution in [1.82, 2.24) is 29.9 Å². The van der Waals surface area contributed by atoms with E-state index in [0.29, 0.717) is 16.4 Å². The fourth-order valence-electron chi connectivity index (χ4n) is 4.14. The summed E-state index contributed by atoms with van der Waals surface area (Å²) in [6.07, 6.45) is 2.74. The summed E-state index contributed by atoms with van der Waals surface area (Å²) in [6.45, 7) is 5.89. The van der Waals surface area contributed by atoms with E-state index in [4.69, 9.17) is 21.3 Å². The number of H-pyrrole nitrogens is 1. The molecule has 170 valence electrons. The van der Waals surface area contributed by atoms with Gasteiger partial charge in [0.2, 0.25) is 0 Å². The van der Waals surface area contributed by atoms with Gasteiger partial charge in [0.05, 0.1) is 36.1 Å². The highest BCUT2D eigenvalue weighted by Crippen LogP contribution is 2.32. The van der Waals surface area contributed by atoms with E-state index < -0.39 is 17.8 Å². The molecule has 33 heavy (non-hydrogen) atoms. The Morgan fingerprint density at radius 1 is 1.21 bits per heavy atom. The van der Waals surface area contributed by atoms with E-state index in [2.05, 4.69) is 15.2 Å². The van der Waals surface area contributed by atoms with E-state index in [9.17, 15) is 4.79 Å². The average molecular weight is 469 g/mol. The van der Waals surface area contributed by atoms with Crippen molar-refractivity contribution in [2.24, 2.45) is 0 Å². The molecule has 2 atom stereocenters. The minimum absolute atomic E-state index is 0.0827. The average Bonchev–Trinajstić information content (AvgIpc) is 3.48. The molecule has 10 heteroatoms. The van der Waals surface area contributed by atoms with Crippen molar-refractivity contribution in [2.45, 2.75) is 32.9 Å². The van der Waals surface area contributed by atoms with Crippen LogP contribution < -0.4 is 0 Å². The molecule has 0 saturated carbocycles. The third kappa shape index (κ3) is 3.67. The number of aromatic nitrogens is 5. The SMILES string of the molecule is Cc1ccc(-n2nccn2)c(C(=O)N2C[C@H](C)OC[C@H]2c2nc3c(C)c(Cl)ccc3[nH]2)c1F. The van der Waals surface area contributed by atoms with Crippen molar-refractivity contribution in [3.8, 4) is 5.69 Å². The number of amides is 1. The molecule has 5 rings (SSSR count). The van der Waals surface area contributed by atoms with Gasteiger partial charge >= 0.3 is 0 Å². The maximum atomic E-state index is 15.4. The molecule has 1 aliphatic rings. The van der Waals surface area contributed by atoms with Crippen LogP contribution in [0.15, 0.2) is 36.7 Å². The normalized spacial score (nSPS) is 18.8. The van der Waals surface area contributed by atoms with Crippen molar-refractivity contribution in [3.05, 3.63) is 70.0 Å². The zero-order chi connectivity index (χ0) is 23.3. The first-order valence-electron chi connectivity index (χ1n) is 10.6. The maximum Gasteiger partial charge on any atom is 0.259 e. The first-order valence-corrected chi connectivity index (χ1v) is 11.0. The molecule has 4 aromatic rings. The molecule has 1 amide bonds. The summed E-state index contributed by atoms with van der Waals surface area (Å²) < 4.78 is 21.2. The van der Waals surface area contributed by atoms with Gasteiger partial charge in [-0.2, -0.15) is 15.0 Å². The molecule has 0 bridgehead atoms. The van der Waals surface area contributed by atoms with E-state index in [1.54, 1.807) is 30.0 Å². The molecule has 0 spiro atoms. The van der Waals surface area contributed by atoms with Crippen LogP contribution in [0.25, 0.3) is 16.7 Å². The Morgan fingerprint density at radius 2 is 1.97 bits per heavy atom. The second-order valence-corrected chi connectivity index (χ2v) is 8.62. The van der Waals surface area contributed by atoms with E-state index >= 15 is 4.39 Å². The number of ether oxygens (including phenoxy) is 1. The van der Waals surface area contributed by atoms with Crippen LogP contribution in [-0.2, 0) is 4.74 Å². The van der Waals surface area contributed by atoms with Crippen LogP contribution in [-0.4, -0.2) is 55.0 Å². The molecule has 0 radical (unpaired) electrons. The highest BCUT2D eigenvalue weighted by Gasteiger charge is 2.37. The molecule has 2 aromatic carbocycles. The lowest BCUT2D eigenvalue weighted by molar-refractivity contribution is -0.0468. The lowest BCUT2D eigenvalue weighted by Crippen LogP contribution is -2.47. The summed E-state index contributed by atoms with van der Waals surface area (Å²) in [4.78, 5) is 24.7. The van der Waals surface area contributed by atoms with Gasteiger partial charge in [-0.05, 0) is 50.1 Å². The predicted octanol–water partition coefficient (Wildman–Crippen LogP) is 4.16. The molecule has 1 N–H and O–H groups in total. The molecule has 1 saturated heterocycles. The minimum Gasteiger partial charge on any atom is -0.374 e. The maximum absolute atomic E-state index is 15.4. The van der Waals surface area contributed by atoms with Crippen molar-refractivity contribution >= 4 is 28.5 Å². The van der Waals surface area contributed by atoms with Gasteiger partial charge in [0.25, 0.3) is 5.91 Å². The second kappa shape index (κ2) is 8.24. The number of nitrogens with zero attached hydrogens (tertiary/aromatic N) is 5. The van der Waals surface area contributed by atoms with E-state index in [1.165, 1.54) is 17.2 Å². The standard InChI is InChI=1S/C23H22ClFN6O2/c1-12-4-7-17(31-26-8-9-27-31)19(20(12)25)23(32)30-10-13(2)33-11-18(30)22-28-16-6-5-15(24)14(3)21(16)29-22/h4-9,13,18H,10-11H2,1-3H3,(H,28,29)/t13-,18-/m0/s1. The fourth-order valence-corrected chi connectivity index (χ4v) is 4.29. The van der Waals surface area contributed by atoms with Crippen molar-refractivity contribution in [2.75, 3.05) is 13.2 Å². The van der Waals surface area contributed by atoms with Gasteiger partial charge in [0.15, 0.2) is 0 Å². The zero-order valence-electron chi connectivity index (χ0n) is 18.3. The Balaban J connectivity index is 1.61. The van der Waals surface area contributed by atoms with Gasteiger partial charge in [0.1, 0.15) is 28.9 Å².